The maximum atomic E-state index is 14.3. The van der Waals surface area contributed by atoms with Crippen LogP contribution in [0, 0.1) is 45.0 Å². The summed E-state index contributed by atoms with van der Waals surface area (Å²) in [6, 6.07) is 9.21. The molecule has 0 radical (unpaired) electrons. The van der Waals surface area contributed by atoms with Gasteiger partial charge in [0.2, 0.25) is 17.4 Å². The van der Waals surface area contributed by atoms with E-state index in [2.05, 4.69) is 15.9 Å². The first-order chi connectivity index (χ1) is 16.0. The summed E-state index contributed by atoms with van der Waals surface area (Å²) in [5.74, 6) is -14.3. The van der Waals surface area contributed by atoms with Crippen LogP contribution >= 0.6 is 27.7 Å². The van der Waals surface area contributed by atoms with Gasteiger partial charge in [-0.1, -0.05) is 34.1 Å². The van der Waals surface area contributed by atoms with Crippen LogP contribution in [0.3, 0.4) is 0 Å². The number of allylic oxidation sites excluding steroid dienone is 1. The van der Waals surface area contributed by atoms with E-state index < -0.39 is 61.8 Å². The standard InChI is InChI=1S/C22H10BrF6NO3S/c23-12-4-1-10(2-5-12)9-34-15(8-11-3-6-13(24)14(7-11)30(32)33)22(31)16-17(25)19(27)21(29)20(28)18(16)26/h1-8H,9H2/b15-8+. The molecule has 12 heteroatoms. The summed E-state index contributed by atoms with van der Waals surface area (Å²) in [5, 5.41) is 11.0. The highest BCUT2D eigenvalue weighted by molar-refractivity contribution is 9.10. The van der Waals surface area contributed by atoms with Crippen molar-refractivity contribution in [2.75, 3.05) is 0 Å². The Balaban J connectivity index is 2.11. The Morgan fingerprint density at radius 2 is 1.47 bits per heavy atom. The summed E-state index contributed by atoms with van der Waals surface area (Å²) in [7, 11) is 0. The molecule has 0 aliphatic rings. The second-order valence-electron chi connectivity index (χ2n) is 6.67. The first-order valence-corrected chi connectivity index (χ1v) is 10.9. The number of rotatable bonds is 7. The predicted molar refractivity (Wildman–Crippen MR) is 117 cm³/mol. The van der Waals surface area contributed by atoms with Crippen LogP contribution in [0.5, 0.6) is 0 Å². The number of ketones is 1. The molecule has 0 saturated carbocycles. The van der Waals surface area contributed by atoms with Crippen LogP contribution < -0.4 is 0 Å². The van der Waals surface area contributed by atoms with Crippen LogP contribution in [-0.4, -0.2) is 10.7 Å². The predicted octanol–water partition coefficient (Wildman–Crippen LogP) is 7.35. The molecule has 0 amide bonds. The minimum absolute atomic E-state index is 0.0313. The number of carbonyl (C=O) groups excluding carboxylic acids is 1. The summed E-state index contributed by atoms with van der Waals surface area (Å²) in [5.41, 5.74) is -2.09. The van der Waals surface area contributed by atoms with Gasteiger partial charge in [0.1, 0.15) is 5.56 Å². The summed E-state index contributed by atoms with van der Waals surface area (Å²) >= 11 is 3.93. The fourth-order valence-electron chi connectivity index (χ4n) is 2.75. The highest BCUT2D eigenvalue weighted by atomic mass is 79.9. The first-order valence-electron chi connectivity index (χ1n) is 9.10. The molecule has 3 rings (SSSR count). The number of hydrogen-bond acceptors (Lipinski definition) is 4. The fourth-order valence-corrected chi connectivity index (χ4v) is 3.98. The van der Waals surface area contributed by atoms with E-state index in [0.717, 1.165) is 28.7 Å². The van der Waals surface area contributed by atoms with Crippen molar-refractivity contribution in [2.24, 2.45) is 0 Å². The molecule has 176 valence electrons. The zero-order chi connectivity index (χ0) is 25.2. The quantitative estimate of drug-likeness (QED) is 0.0575. The molecule has 0 bridgehead atoms. The molecule has 0 saturated heterocycles. The summed E-state index contributed by atoms with van der Waals surface area (Å²) in [6.07, 6.45) is 0.941. The Bertz CT molecular complexity index is 1300. The Kier molecular flexibility index (Phi) is 7.82. The lowest BCUT2D eigenvalue weighted by molar-refractivity contribution is -0.387. The normalized spacial score (nSPS) is 11.6. The van der Waals surface area contributed by atoms with Crippen LogP contribution in [0.15, 0.2) is 51.8 Å². The van der Waals surface area contributed by atoms with E-state index >= 15 is 0 Å². The lowest BCUT2D eigenvalue weighted by Gasteiger charge is -2.11. The fraction of sp³-hybridized carbons (Fsp3) is 0.0455. The zero-order valence-electron chi connectivity index (χ0n) is 16.6. The molecule has 0 fully saturated rings. The number of benzene rings is 3. The smallest absolute Gasteiger partial charge is 0.288 e. The Morgan fingerprint density at radius 3 is 2.03 bits per heavy atom. The molecule has 0 aromatic heterocycles. The molecule has 0 atom stereocenters. The van der Waals surface area contributed by atoms with Crippen LogP contribution in [0.4, 0.5) is 32.0 Å². The molecule has 0 unspecified atom stereocenters. The topological polar surface area (TPSA) is 60.2 Å². The van der Waals surface area contributed by atoms with E-state index in [4.69, 9.17) is 0 Å². The highest BCUT2D eigenvalue weighted by Crippen LogP contribution is 2.32. The molecule has 3 aromatic carbocycles. The van der Waals surface area contributed by atoms with Crippen LogP contribution in [0.2, 0.25) is 0 Å². The number of Topliss-reactive ketones (excluding diaryl/α,β-unsaturated/α-hetero) is 1. The number of thioether (sulfide) groups is 1. The third kappa shape index (κ3) is 5.33. The van der Waals surface area contributed by atoms with Crippen molar-refractivity contribution in [3.05, 3.63) is 114 Å². The largest absolute Gasteiger partial charge is 0.305 e. The van der Waals surface area contributed by atoms with Gasteiger partial charge in [0.05, 0.1) is 9.83 Å². The molecule has 0 aliphatic carbocycles. The minimum atomic E-state index is -2.42. The van der Waals surface area contributed by atoms with E-state index in [0.29, 0.717) is 17.3 Å². The summed E-state index contributed by atoms with van der Waals surface area (Å²) in [4.78, 5) is 22.4. The molecular formula is C22H10BrF6NO3S. The Labute approximate surface area is 200 Å². The maximum absolute atomic E-state index is 14.3. The van der Waals surface area contributed by atoms with E-state index in [1.54, 1.807) is 24.3 Å². The van der Waals surface area contributed by atoms with Gasteiger partial charge >= 0.3 is 5.69 Å². The van der Waals surface area contributed by atoms with Gasteiger partial charge in [-0.3, -0.25) is 14.9 Å². The lowest BCUT2D eigenvalue weighted by Crippen LogP contribution is -2.13. The zero-order valence-corrected chi connectivity index (χ0v) is 19.0. The van der Waals surface area contributed by atoms with Gasteiger partial charge in [0.25, 0.3) is 0 Å². The van der Waals surface area contributed by atoms with Gasteiger partial charge < -0.3 is 0 Å². The Hall–Kier alpha value is -3.12. The van der Waals surface area contributed by atoms with E-state index in [1.807, 2.05) is 0 Å². The van der Waals surface area contributed by atoms with Gasteiger partial charge in [-0.15, -0.1) is 11.8 Å². The third-order valence-corrected chi connectivity index (χ3v) is 6.05. The van der Waals surface area contributed by atoms with Crippen molar-refractivity contribution in [1.29, 1.82) is 0 Å². The van der Waals surface area contributed by atoms with Crippen LogP contribution in [-0.2, 0) is 5.75 Å². The van der Waals surface area contributed by atoms with Gasteiger partial charge in [0.15, 0.2) is 23.3 Å². The van der Waals surface area contributed by atoms with Crippen LogP contribution in [0.1, 0.15) is 21.5 Å². The minimum Gasteiger partial charge on any atom is -0.288 e. The molecule has 0 heterocycles. The average molecular weight is 562 g/mol. The lowest BCUT2D eigenvalue weighted by atomic mass is 10.1. The Morgan fingerprint density at radius 1 is 0.912 bits per heavy atom. The van der Waals surface area contributed by atoms with Crippen molar-refractivity contribution in [1.82, 2.24) is 0 Å². The molecule has 3 aromatic rings. The SMILES string of the molecule is O=C(/C(=C\c1ccc(F)c([N+](=O)[O-])c1)SCc1ccc(Br)cc1)c1c(F)c(F)c(F)c(F)c1F. The number of hydrogen-bond donors (Lipinski definition) is 0. The van der Waals surface area contributed by atoms with E-state index in [1.165, 1.54) is 0 Å². The summed E-state index contributed by atoms with van der Waals surface area (Å²) in [6.45, 7) is 0. The number of halogens is 7. The second-order valence-corrected chi connectivity index (χ2v) is 8.60. The molecule has 4 nitrogen and oxygen atoms in total. The maximum Gasteiger partial charge on any atom is 0.305 e. The molecule has 0 spiro atoms. The van der Waals surface area contributed by atoms with Crippen molar-refractivity contribution in [3.8, 4) is 0 Å². The number of nitro benzene ring substituents is 1. The number of carbonyl (C=O) groups is 1. The van der Waals surface area contributed by atoms with Crippen molar-refractivity contribution < 1.29 is 36.1 Å². The second kappa shape index (κ2) is 10.4. The molecule has 34 heavy (non-hydrogen) atoms. The molecule has 0 aliphatic heterocycles. The van der Waals surface area contributed by atoms with Crippen molar-refractivity contribution in [3.63, 3.8) is 0 Å². The number of nitro groups is 1. The number of nitrogens with zero attached hydrogens (tertiary/aromatic N) is 1. The van der Waals surface area contributed by atoms with E-state index in [9.17, 15) is 41.3 Å². The van der Waals surface area contributed by atoms with Crippen LogP contribution in [0.25, 0.3) is 6.08 Å². The van der Waals surface area contributed by atoms with Gasteiger partial charge in [0, 0.05) is 16.3 Å². The van der Waals surface area contributed by atoms with Gasteiger partial charge in [-0.25, -0.2) is 22.0 Å². The van der Waals surface area contributed by atoms with Gasteiger partial charge in [-0.2, -0.15) is 4.39 Å². The molecular weight excluding hydrogens is 552 g/mol. The molecule has 0 N–H and O–H groups in total. The third-order valence-electron chi connectivity index (χ3n) is 4.43. The average Bonchev–Trinajstić information content (AvgIpc) is 2.81. The van der Waals surface area contributed by atoms with E-state index in [-0.39, 0.29) is 11.3 Å². The summed E-state index contributed by atoms with van der Waals surface area (Å²) < 4.78 is 83.7. The van der Waals surface area contributed by atoms with Crippen molar-refractivity contribution >= 4 is 45.2 Å². The highest BCUT2D eigenvalue weighted by Gasteiger charge is 2.31. The van der Waals surface area contributed by atoms with Crippen molar-refractivity contribution in [2.45, 2.75) is 5.75 Å². The monoisotopic (exact) mass is 561 g/mol. The first kappa shape index (κ1) is 25.5. The van der Waals surface area contributed by atoms with Gasteiger partial charge in [-0.05, 0) is 35.4 Å².